The van der Waals surface area contributed by atoms with E-state index in [2.05, 4.69) is 13.8 Å². The molecule has 134 valence electrons. The third-order valence-electron chi connectivity index (χ3n) is 5.06. The van der Waals surface area contributed by atoms with Crippen molar-refractivity contribution in [1.29, 1.82) is 0 Å². The Kier molecular flexibility index (Phi) is 4.56. The number of fused-ring (bicyclic) bond motifs is 1. The molecule has 6 nitrogen and oxygen atoms in total. The van der Waals surface area contributed by atoms with Gasteiger partial charge in [0.2, 0.25) is 0 Å². The number of aromatic nitrogens is 1. The van der Waals surface area contributed by atoms with Gasteiger partial charge in [0.15, 0.2) is 0 Å². The SMILES string of the molecule is C[C@@H]1C[C@H](C)CN([C@H](C(=O)O)c2cn(C)c3cc(C(=O)O)ccc23)C1. The maximum absolute atomic E-state index is 12.1. The summed E-state index contributed by atoms with van der Waals surface area (Å²) >= 11 is 0. The van der Waals surface area contributed by atoms with E-state index in [0.717, 1.165) is 36.0 Å². The van der Waals surface area contributed by atoms with Crippen molar-refractivity contribution >= 4 is 22.8 Å². The number of benzene rings is 1. The third kappa shape index (κ3) is 3.26. The Morgan fingerprint density at radius 3 is 2.36 bits per heavy atom. The molecule has 3 atom stereocenters. The van der Waals surface area contributed by atoms with Gasteiger partial charge in [0.25, 0.3) is 0 Å². The summed E-state index contributed by atoms with van der Waals surface area (Å²) in [5, 5.41) is 19.9. The summed E-state index contributed by atoms with van der Waals surface area (Å²) in [5.74, 6) is -0.937. The lowest BCUT2D eigenvalue weighted by Crippen LogP contribution is -2.43. The van der Waals surface area contributed by atoms with Gasteiger partial charge >= 0.3 is 11.9 Å². The first-order chi connectivity index (χ1) is 11.8. The monoisotopic (exact) mass is 344 g/mol. The van der Waals surface area contributed by atoms with Crippen molar-refractivity contribution in [2.24, 2.45) is 18.9 Å². The zero-order valence-electron chi connectivity index (χ0n) is 14.8. The number of likely N-dealkylation sites (tertiary alicyclic amines) is 1. The zero-order chi connectivity index (χ0) is 18.3. The summed E-state index contributed by atoms with van der Waals surface area (Å²) in [6.45, 7) is 5.82. The van der Waals surface area contributed by atoms with Crippen molar-refractivity contribution in [1.82, 2.24) is 9.47 Å². The van der Waals surface area contributed by atoms with Gasteiger partial charge in [0.1, 0.15) is 6.04 Å². The minimum absolute atomic E-state index is 0.201. The maximum atomic E-state index is 12.1. The van der Waals surface area contributed by atoms with Gasteiger partial charge in [-0.15, -0.1) is 0 Å². The molecule has 25 heavy (non-hydrogen) atoms. The maximum Gasteiger partial charge on any atom is 0.335 e. The van der Waals surface area contributed by atoms with E-state index < -0.39 is 18.0 Å². The van der Waals surface area contributed by atoms with Crippen LogP contribution in [0, 0.1) is 11.8 Å². The Balaban J connectivity index is 2.08. The van der Waals surface area contributed by atoms with E-state index >= 15 is 0 Å². The fourth-order valence-corrected chi connectivity index (χ4v) is 4.17. The molecular formula is C19H24N2O4. The number of aliphatic carboxylic acids is 1. The molecule has 2 N–H and O–H groups in total. The lowest BCUT2D eigenvalue weighted by Gasteiger charge is -2.38. The van der Waals surface area contributed by atoms with Gasteiger partial charge in [-0.2, -0.15) is 0 Å². The molecule has 2 aromatic rings. The van der Waals surface area contributed by atoms with Crippen LogP contribution in [-0.2, 0) is 11.8 Å². The lowest BCUT2D eigenvalue weighted by molar-refractivity contribution is -0.144. The molecule has 1 aliphatic heterocycles. The first-order valence-corrected chi connectivity index (χ1v) is 8.57. The molecule has 1 fully saturated rings. The van der Waals surface area contributed by atoms with E-state index in [1.807, 2.05) is 22.7 Å². The summed E-state index contributed by atoms with van der Waals surface area (Å²) in [5.41, 5.74) is 1.66. The zero-order valence-corrected chi connectivity index (χ0v) is 14.8. The number of hydrogen-bond acceptors (Lipinski definition) is 3. The normalized spacial score (nSPS) is 22.8. The Labute approximate surface area is 146 Å². The van der Waals surface area contributed by atoms with Crippen LogP contribution in [0.5, 0.6) is 0 Å². The first kappa shape index (κ1) is 17.5. The van der Waals surface area contributed by atoms with Crippen LogP contribution >= 0.6 is 0 Å². The highest BCUT2D eigenvalue weighted by Gasteiger charge is 2.34. The molecule has 1 aliphatic rings. The second-order valence-corrected chi connectivity index (χ2v) is 7.37. The standard InChI is InChI=1S/C19H24N2O4/c1-11-6-12(2)9-21(8-11)17(19(24)25)15-10-20(3)16-7-13(18(22)23)4-5-14(15)16/h4-5,7,10-12,17H,6,8-9H2,1-3H3,(H,22,23)(H,24,25)/t11-,12+,17-/m0/s1. The van der Waals surface area contributed by atoms with Crippen LogP contribution in [0.1, 0.15) is 42.2 Å². The topological polar surface area (TPSA) is 82.8 Å². The molecule has 0 unspecified atom stereocenters. The van der Waals surface area contributed by atoms with Crippen LogP contribution in [-0.4, -0.2) is 44.7 Å². The van der Waals surface area contributed by atoms with Crippen molar-refractivity contribution in [2.45, 2.75) is 26.3 Å². The smallest absolute Gasteiger partial charge is 0.335 e. The Bertz CT molecular complexity index is 816. The summed E-state index contributed by atoms with van der Waals surface area (Å²) in [4.78, 5) is 25.4. The van der Waals surface area contributed by atoms with Crippen molar-refractivity contribution in [3.63, 3.8) is 0 Å². The Morgan fingerprint density at radius 2 is 1.80 bits per heavy atom. The Hall–Kier alpha value is -2.34. The third-order valence-corrected chi connectivity index (χ3v) is 5.06. The van der Waals surface area contributed by atoms with E-state index in [1.165, 1.54) is 6.07 Å². The minimum atomic E-state index is -0.988. The number of hydrogen-bond donors (Lipinski definition) is 2. The van der Waals surface area contributed by atoms with Crippen LogP contribution < -0.4 is 0 Å². The number of aromatic carboxylic acids is 1. The quantitative estimate of drug-likeness (QED) is 0.891. The molecule has 0 spiro atoms. The summed E-state index contributed by atoms with van der Waals surface area (Å²) in [6.07, 6.45) is 2.93. The lowest BCUT2D eigenvalue weighted by atomic mass is 9.89. The highest BCUT2D eigenvalue weighted by molar-refractivity contribution is 5.96. The number of carboxylic acid groups (broad SMARTS) is 2. The molecule has 2 heterocycles. The van der Waals surface area contributed by atoms with Crippen LogP contribution in [0.25, 0.3) is 10.9 Å². The summed E-state index contributed by atoms with van der Waals surface area (Å²) in [7, 11) is 1.82. The number of rotatable bonds is 4. The van der Waals surface area contributed by atoms with Gasteiger partial charge in [-0.05, 0) is 30.4 Å². The van der Waals surface area contributed by atoms with Crippen molar-refractivity contribution in [2.75, 3.05) is 13.1 Å². The van der Waals surface area contributed by atoms with Gasteiger partial charge in [-0.25, -0.2) is 4.79 Å². The predicted octanol–water partition coefficient (Wildman–Crippen LogP) is 2.98. The highest BCUT2D eigenvalue weighted by atomic mass is 16.4. The second kappa shape index (κ2) is 6.52. The van der Waals surface area contributed by atoms with Crippen molar-refractivity contribution in [3.8, 4) is 0 Å². The average molecular weight is 344 g/mol. The molecule has 1 aromatic carbocycles. The number of nitrogens with zero attached hydrogens (tertiary/aromatic N) is 2. The number of carbonyl (C=O) groups is 2. The number of piperidine rings is 1. The van der Waals surface area contributed by atoms with Crippen LogP contribution in [0.4, 0.5) is 0 Å². The largest absolute Gasteiger partial charge is 0.480 e. The average Bonchev–Trinajstić information content (AvgIpc) is 2.82. The fourth-order valence-electron chi connectivity index (χ4n) is 4.17. The number of aryl methyl sites for hydroxylation is 1. The fraction of sp³-hybridized carbons (Fsp3) is 0.474. The van der Waals surface area contributed by atoms with E-state index in [1.54, 1.807) is 12.1 Å². The van der Waals surface area contributed by atoms with E-state index in [-0.39, 0.29) is 5.56 Å². The van der Waals surface area contributed by atoms with Gasteiger partial charge in [0.05, 0.1) is 5.56 Å². The molecule has 1 aromatic heterocycles. The Morgan fingerprint density at radius 1 is 1.16 bits per heavy atom. The highest BCUT2D eigenvalue weighted by Crippen LogP contribution is 2.34. The van der Waals surface area contributed by atoms with Crippen molar-refractivity contribution < 1.29 is 19.8 Å². The second-order valence-electron chi connectivity index (χ2n) is 7.37. The molecule has 1 saturated heterocycles. The number of carboxylic acids is 2. The molecule has 0 amide bonds. The van der Waals surface area contributed by atoms with Crippen LogP contribution in [0.2, 0.25) is 0 Å². The van der Waals surface area contributed by atoms with Crippen LogP contribution in [0.3, 0.4) is 0 Å². The minimum Gasteiger partial charge on any atom is -0.480 e. The molecule has 0 aliphatic carbocycles. The summed E-state index contributed by atoms with van der Waals surface area (Å²) in [6, 6.07) is 4.14. The van der Waals surface area contributed by atoms with Gasteiger partial charge < -0.3 is 14.8 Å². The first-order valence-electron chi connectivity index (χ1n) is 8.57. The molecule has 0 saturated carbocycles. The molecule has 6 heteroatoms. The van der Waals surface area contributed by atoms with Gasteiger partial charge in [-0.1, -0.05) is 19.9 Å². The van der Waals surface area contributed by atoms with Gasteiger partial charge in [-0.3, -0.25) is 9.69 Å². The van der Waals surface area contributed by atoms with E-state index in [4.69, 9.17) is 0 Å². The van der Waals surface area contributed by atoms with Crippen LogP contribution in [0.15, 0.2) is 24.4 Å². The molecular weight excluding hydrogens is 320 g/mol. The van der Waals surface area contributed by atoms with Gasteiger partial charge in [0, 0.05) is 42.8 Å². The van der Waals surface area contributed by atoms with Crippen molar-refractivity contribution in [3.05, 3.63) is 35.5 Å². The predicted molar refractivity (Wildman–Crippen MR) is 94.8 cm³/mol. The van der Waals surface area contributed by atoms with E-state index in [0.29, 0.717) is 11.8 Å². The molecule has 0 bridgehead atoms. The van der Waals surface area contributed by atoms with E-state index in [9.17, 15) is 19.8 Å². The molecule has 0 radical (unpaired) electrons. The summed E-state index contributed by atoms with van der Waals surface area (Å²) < 4.78 is 1.81. The molecule has 3 rings (SSSR count).